The zero-order valence-electron chi connectivity index (χ0n) is 29.3. The lowest BCUT2D eigenvalue weighted by atomic mass is 9.93. The van der Waals surface area contributed by atoms with Crippen LogP contribution in [0.1, 0.15) is 53.6 Å². The Bertz CT molecular complexity index is 1990. The van der Waals surface area contributed by atoms with Gasteiger partial charge in [0, 0.05) is 23.5 Å². The number of aliphatic imine (C=N–C) groups is 1. The van der Waals surface area contributed by atoms with E-state index in [1.807, 2.05) is 66.7 Å². The third kappa shape index (κ3) is 8.69. The molecule has 1 aliphatic heterocycles. The van der Waals surface area contributed by atoms with Gasteiger partial charge in [0.25, 0.3) is 0 Å². The summed E-state index contributed by atoms with van der Waals surface area (Å²) in [6.07, 6.45) is -0.246. The van der Waals surface area contributed by atoms with Crippen molar-refractivity contribution >= 4 is 52.1 Å². The molecule has 274 valence electrons. The van der Waals surface area contributed by atoms with Gasteiger partial charge in [-0.3, -0.25) is 9.79 Å². The Morgan fingerprint density at radius 2 is 1.66 bits per heavy atom. The second kappa shape index (κ2) is 16.6. The van der Waals surface area contributed by atoms with Gasteiger partial charge >= 0.3 is 18.0 Å². The lowest BCUT2D eigenvalue weighted by Gasteiger charge is -2.23. The SMILES string of the molecule is C=C[C@H](CC(=O)NCc1nc(C2=N[C@](Cc3ccccc3)(C(=O)O)CS2)cs1)OC(=O)[C@@H](NC(=O)OCC1c2ccccc2-c2ccccc21)C(C)C. The van der Waals surface area contributed by atoms with Gasteiger partial charge in [-0.25, -0.2) is 19.4 Å². The number of aliphatic carboxylic acids is 1. The first kappa shape index (κ1) is 37.5. The molecule has 0 radical (unpaired) electrons. The Labute approximate surface area is 315 Å². The van der Waals surface area contributed by atoms with Crippen LogP contribution in [0.15, 0.2) is 102 Å². The average molecular weight is 753 g/mol. The second-order valence-electron chi connectivity index (χ2n) is 13.2. The molecular weight excluding hydrogens is 713 g/mol. The van der Waals surface area contributed by atoms with Crippen molar-refractivity contribution in [3.63, 3.8) is 0 Å². The summed E-state index contributed by atoms with van der Waals surface area (Å²) < 4.78 is 11.2. The standard InChI is InChI=1S/C40H40N4O7S2/c1-4-26(18-33(45)41-20-34-42-32(22-52-34)36-44-40(23-53-36,38(47)48)19-25-12-6-5-7-13-25)51-37(46)35(24(2)3)43-39(49)50-21-31-29-16-10-8-14-27(29)28-15-9-11-17-30(28)31/h4-17,22,24,26,31,35H,1,18-21,23H2,2-3H3,(H,41,45)(H,43,49)(H,47,48)/t26-,35+,40+/m1/s1. The van der Waals surface area contributed by atoms with Crippen molar-refractivity contribution in [1.29, 1.82) is 0 Å². The van der Waals surface area contributed by atoms with Gasteiger partial charge in [0.2, 0.25) is 5.91 Å². The molecule has 11 nitrogen and oxygen atoms in total. The van der Waals surface area contributed by atoms with Crippen molar-refractivity contribution in [2.24, 2.45) is 10.9 Å². The molecule has 1 aromatic heterocycles. The first-order valence-corrected chi connectivity index (χ1v) is 19.1. The van der Waals surface area contributed by atoms with Crippen molar-refractivity contribution in [2.45, 2.75) is 56.8 Å². The molecule has 2 amide bonds. The zero-order valence-corrected chi connectivity index (χ0v) is 31.0. The van der Waals surface area contributed by atoms with Crippen LogP contribution < -0.4 is 10.6 Å². The number of ether oxygens (including phenoxy) is 2. The maximum atomic E-state index is 13.2. The molecule has 13 heteroatoms. The van der Waals surface area contributed by atoms with Gasteiger partial charge in [-0.2, -0.15) is 0 Å². The molecule has 0 unspecified atom stereocenters. The number of carbonyl (C=O) groups excluding carboxylic acids is 3. The highest BCUT2D eigenvalue weighted by Crippen LogP contribution is 2.44. The van der Waals surface area contributed by atoms with Gasteiger partial charge in [-0.1, -0.05) is 105 Å². The fourth-order valence-corrected chi connectivity index (χ4v) is 8.32. The quantitative estimate of drug-likeness (QED) is 0.0928. The third-order valence-corrected chi connectivity index (χ3v) is 11.2. The summed E-state index contributed by atoms with van der Waals surface area (Å²) in [5.41, 5.74) is 4.53. The number of thioether (sulfide) groups is 1. The number of hydrogen-bond donors (Lipinski definition) is 3. The van der Waals surface area contributed by atoms with Crippen LogP contribution in [0.25, 0.3) is 11.1 Å². The maximum Gasteiger partial charge on any atom is 0.407 e. The summed E-state index contributed by atoms with van der Waals surface area (Å²) in [6.45, 7) is 7.48. The molecule has 0 bridgehead atoms. The van der Waals surface area contributed by atoms with Crippen LogP contribution in [-0.4, -0.2) is 69.1 Å². The molecule has 1 aliphatic carbocycles. The van der Waals surface area contributed by atoms with Crippen molar-refractivity contribution < 1.29 is 33.8 Å². The minimum atomic E-state index is -1.28. The number of thiazole rings is 1. The van der Waals surface area contributed by atoms with E-state index in [1.165, 1.54) is 29.2 Å². The molecule has 3 aromatic carbocycles. The van der Waals surface area contributed by atoms with E-state index in [0.717, 1.165) is 27.8 Å². The van der Waals surface area contributed by atoms with Gasteiger partial charge in [0.05, 0.1) is 13.0 Å². The number of carboxylic acid groups (broad SMARTS) is 1. The van der Waals surface area contributed by atoms with E-state index in [4.69, 9.17) is 9.47 Å². The van der Waals surface area contributed by atoms with E-state index in [-0.39, 0.29) is 43.6 Å². The summed E-state index contributed by atoms with van der Waals surface area (Å²) in [6, 6.07) is 24.4. The monoisotopic (exact) mass is 752 g/mol. The highest BCUT2D eigenvalue weighted by atomic mass is 32.2. The van der Waals surface area contributed by atoms with Gasteiger partial charge in [-0.05, 0) is 33.7 Å². The van der Waals surface area contributed by atoms with Crippen LogP contribution in [0.3, 0.4) is 0 Å². The summed E-state index contributed by atoms with van der Waals surface area (Å²) in [5, 5.41) is 18.4. The maximum absolute atomic E-state index is 13.2. The molecule has 0 fully saturated rings. The van der Waals surface area contributed by atoms with Crippen LogP contribution in [0, 0.1) is 5.92 Å². The van der Waals surface area contributed by atoms with E-state index >= 15 is 0 Å². The minimum absolute atomic E-state index is 0.0973. The number of benzene rings is 3. The Morgan fingerprint density at radius 1 is 1.00 bits per heavy atom. The van der Waals surface area contributed by atoms with Crippen molar-refractivity contribution in [3.8, 4) is 11.1 Å². The van der Waals surface area contributed by atoms with Gasteiger partial charge in [-0.15, -0.1) is 23.1 Å². The normalized spacial score (nSPS) is 17.2. The Balaban J connectivity index is 0.989. The Morgan fingerprint density at radius 3 is 2.30 bits per heavy atom. The fourth-order valence-electron chi connectivity index (χ4n) is 6.37. The number of amides is 2. The van der Waals surface area contributed by atoms with E-state index in [9.17, 15) is 24.3 Å². The van der Waals surface area contributed by atoms with Gasteiger partial charge < -0.3 is 25.2 Å². The fraction of sp³-hybridized carbons (Fsp3) is 0.300. The highest BCUT2D eigenvalue weighted by molar-refractivity contribution is 8.14. The molecule has 6 rings (SSSR count). The molecule has 0 spiro atoms. The van der Waals surface area contributed by atoms with E-state index in [1.54, 1.807) is 19.2 Å². The first-order chi connectivity index (χ1) is 25.6. The van der Waals surface area contributed by atoms with Crippen molar-refractivity contribution in [1.82, 2.24) is 15.6 Å². The van der Waals surface area contributed by atoms with Crippen LogP contribution in [0.4, 0.5) is 4.79 Å². The molecule has 3 atom stereocenters. The van der Waals surface area contributed by atoms with E-state index < -0.39 is 41.6 Å². The van der Waals surface area contributed by atoms with Crippen LogP contribution >= 0.6 is 23.1 Å². The molecule has 53 heavy (non-hydrogen) atoms. The molecule has 2 heterocycles. The Kier molecular flexibility index (Phi) is 11.7. The van der Waals surface area contributed by atoms with Gasteiger partial charge in [0.1, 0.15) is 34.5 Å². The summed E-state index contributed by atoms with van der Waals surface area (Å²) >= 11 is 2.67. The molecule has 3 N–H and O–H groups in total. The average Bonchev–Trinajstić information content (AvgIpc) is 3.89. The molecular formula is C40H40N4O7S2. The van der Waals surface area contributed by atoms with E-state index in [0.29, 0.717) is 15.7 Å². The number of nitrogens with one attached hydrogen (secondary N) is 2. The predicted molar refractivity (Wildman–Crippen MR) is 205 cm³/mol. The summed E-state index contributed by atoms with van der Waals surface area (Å²) in [4.78, 5) is 60.5. The number of esters is 1. The number of carboxylic acids is 1. The molecule has 2 aliphatic rings. The number of aromatic nitrogens is 1. The number of hydrogen-bond acceptors (Lipinski definition) is 10. The second-order valence-corrected chi connectivity index (χ2v) is 15.1. The number of carbonyl (C=O) groups is 4. The van der Waals surface area contributed by atoms with Crippen LogP contribution in [0.2, 0.25) is 0 Å². The first-order valence-electron chi connectivity index (χ1n) is 17.2. The number of nitrogens with zero attached hydrogens (tertiary/aromatic N) is 2. The van der Waals surface area contributed by atoms with E-state index in [2.05, 4.69) is 39.3 Å². The Hall–Kier alpha value is -5.27. The summed E-state index contributed by atoms with van der Waals surface area (Å²) in [5.74, 6) is -2.27. The highest BCUT2D eigenvalue weighted by Gasteiger charge is 2.44. The third-order valence-electron chi connectivity index (χ3n) is 9.16. The number of alkyl carbamates (subject to hydrolysis) is 1. The molecule has 0 saturated heterocycles. The lowest BCUT2D eigenvalue weighted by Crippen LogP contribution is -2.46. The zero-order chi connectivity index (χ0) is 37.5. The molecule has 4 aromatic rings. The largest absolute Gasteiger partial charge is 0.479 e. The predicted octanol–water partition coefficient (Wildman–Crippen LogP) is 6.37. The van der Waals surface area contributed by atoms with Crippen molar-refractivity contribution in [3.05, 3.63) is 124 Å². The smallest absolute Gasteiger partial charge is 0.407 e. The number of rotatable bonds is 15. The van der Waals surface area contributed by atoms with Crippen molar-refractivity contribution in [2.75, 3.05) is 12.4 Å². The van der Waals surface area contributed by atoms with Crippen LogP contribution in [-0.2, 0) is 36.8 Å². The summed E-state index contributed by atoms with van der Waals surface area (Å²) in [7, 11) is 0. The lowest BCUT2D eigenvalue weighted by molar-refractivity contribution is -0.151. The number of fused-ring (bicyclic) bond motifs is 3. The molecule has 0 saturated carbocycles. The minimum Gasteiger partial charge on any atom is -0.479 e. The topological polar surface area (TPSA) is 156 Å². The van der Waals surface area contributed by atoms with Crippen LogP contribution in [0.5, 0.6) is 0 Å². The van der Waals surface area contributed by atoms with Gasteiger partial charge in [0.15, 0.2) is 5.54 Å².